The summed E-state index contributed by atoms with van der Waals surface area (Å²) in [5.41, 5.74) is 2.49. The van der Waals surface area contributed by atoms with Crippen molar-refractivity contribution in [2.45, 2.75) is 38.3 Å². The van der Waals surface area contributed by atoms with Crippen LogP contribution in [0.15, 0.2) is 47.6 Å². The number of carbonyl (C=O) groups excluding carboxylic acids is 1. The van der Waals surface area contributed by atoms with E-state index in [4.69, 9.17) is 15.3 Å². The van der Waals surface area contributed by atoms with E-state index in [1.807, 2.05) is 49.4 Å². The number of nitrogens with one attached hydrogen (secondary N) is 1. The smallest absolute Gasteiger partial charge is 0.234 e. The molecule has 0 atom stereocenters. The van der Waals surface area contributed by atoms with Crippen molar-refractivity contribution in [3.8, 4) is 22.9 Å². The van der Waals surface area contributed by atoms with Gasteiger partial charge in [-0.1, -0.05) is 38.6 Å². The quantitative estimate of drug-likeness (QED) is 0.389. The Bertz CT molecular complexity index is 1070. The SMILES string of the molecule is CCOc1ccc(-c2nnc(SCC(=O)Nc3cc(C(C)(C)C)ccc3OC)n2N)cc1. The molecule has 0 aliphatic heterocycles. The normalized spacial score (nSPS) is 11.3. The number of benzene rings is 2. The van der Waals surface area contributed by atoms with Crippen molar-refractivity contribution in [2.75, 3.05) is 30.6 Å². The maximum atomic E-state index is 12.6. The Morgan fingerprint density at radius 3 is 2.50 bits per heavy atom. The Morgan fingerprint density at radius 1 is 1.16 bits per heavy atom. The molecule has 0 spiro atoms. The molecule has 3 N–H and O–H groups in total. The number of nitrogens with zero attached hydrogens (tertiary/aromatic N) is 3. The van der Waals surface area contributed by atoms with E-state index in [2.05, 4.69) is 36.3 Å². The van der Waals surface area contributed by atoms with Crippen LogP contribution in [0, 0.1) is 0 Å². The monoisotopic (exact) mass is 455 g/mol. The fraction of sp³-hybridized carbons (Fsp3) is 0.348. The largest absolute Gasteiger partial charge is 0.495 e. The number of rotatable bonds is 8. The van der Waals surface area contributed by atoms with Gasteiger partial charge in [0.25, 0.3) is 0 Å². The molecule has 0 saturated heterocycles. The van der Waals surface area contributed by atoms with Crippen LogP contribution in [0.3, 0.4) is 0 Å². The third-order valence-electron chi connectivity index (χ3n) is 4.76. The lowest BCUT2D eigenvalue weighted by atomic mass is 9.87. The standard InChI is InChI=1S/C23H29N5O3S/c1-6-31-17-10-7-15(8-11-17)21-26-27-22(28(21)24)32-14-20(29)25-18-13-16(23(2,3)4)9-12-19(18)30-5/h7-13H,6,14,24H2,1-5H3,(H,25,29). The summed E-state index contributed by atoms with van der Waals surface area (Å²) in [6.45, 7) is 8.88. The topological polar surface area (TPSA) is 104 Å². The summed E-state index contributed by atoms with van der Waals surface area (Å²) in [6, 6.07) is 13.3. The molecule has 3 rings (SSSR count). The van der Waals surface area contributed by atoms with E-state index in [1.54, 1.807) is 7.11 Å². The predicted octanol–water partition coefficient (Wildman–Crippen LogP) is 4.09. The number of methoxy groups -OCH3 is 1. The zero-order valence-electron chi connectivity index (χ0n) is 19.0. The molecule has 32 heavy (non-hydrogen) atoms. The number of ether oxygens (including phenoxy) is 2. The van der Waals surface area contributed by atoms with Gasteiger partial charge in [0.05, 0.1) is 25.2 Å². The summed E-state index contributed by atoms with van der Waals surface area (Å²) in [6.07, 6.45) is 0. The Morgan fingerprint density at radius 2 is 1.88 bits per heavy atom. The fourth-order valence-corrected chi connectivity index (χ4v) is 3.68. The highest BCUT2D eigenvalue weighted by atomic mass is 32.2. The lowest BCUT2D eigenvalue weighted by molar-refractivity contribution is -0.113. The molecule has 0 aliphatic rings. The zero-order valence-corrected chi connectivity index (χ0v) is 19.8. The Labute approximate surface area is 192 Å². The average molecular weight is 456 g/mol. The molecule has 170 valence electrons. The fourth-order valence-electron chi connectivity index (χ4n) is 3.03. The molecule has 0 radical (unpaired) electrons. The second-order valence-electron chi connectivity index (χ2n) is 8.14. The van der Waals surface area contributed by atoms with Gasteiger partial charge in [-0.3, -0.25) is 4.79 Å². The third-order valence-corrected chi connectivity index (χ3v) is 5.70. The molecule has 0 aliphatic carbocycles. The third kappa shape index (κ3) is 5.53. The van der Waals surface area contributed by atoms with Gasteiger partial charge in [-0.2, -0.15) is 0 Å². The van der Waals surface area contributed by atoms with Crippen molar-refractivity contribution in [3.05, 3.63) is 48.0 Å². The van der Waals surface area contributed by atoms with Crippen LogP contribution in [0.1, 0.15) is 33.3 Å². The first-order valence-corrected chi connectivity index (χ1v) is 11.3. The van der Waals surface area contributed by atoms with Crippen LogP contribution in [-0.4, -0.2) is 40.3 Å². The number of amides is 1. The summed E-state index contributed by atoms with van der Waals surface area (Å²) in [5.74, 6) is 8.00. The highest BCUT2D eigenvalue weighted by Gasteiger charge is 2.18. The van der Waals surface area contributed by atoms with Gasteiger partial charge in [-0.05, 0) is 54.3 Å². The van der Waals surface area contributed by atoms with E-state index in [1.165, 1.54) is 16.4 Å². The molecule has 0 unspecified atom stereocenters. The van der Waals surface area contributed by atoms with Crippen molar-refractivity contribution < 1.29 is 14.3 Å². The van der Waals surface area contributed by atoms with Gasteiger partial charge >= 0.3 is 0 Å². The number of aromatic nitrogens is 3. The molecule has 0 bridgehead atoms. The van der Waals surface area contributed by atoms with Crippen molar-refractivity contribution >= 4 is 23.4 Å². The van der Waals surface area contributed by atoms with Crippen molar-refractivity contribution in [3.63, 3.8) is 0 Å². The van der Waals surface area contributed by atoms with Crippen LogP contribution in [0.5, 0.6) is 11.5 Å². The van der Waals surface area contributed by atoms with Gasteiger partial charge in [0.2, 0.25) is 11.1 Å². The molecule has 1 aromatic heterocycles. The highest BCUT2D eigenvalue weighted by molar-refractivity contribution is 7.99. The average Bonchev–Trinajstić information content (AvgIpc) is 3.12. The zero-order chi connectivity index (χ0) is 23.3. The lowest BCUT2D eigenvalue weighted by Gasteiger charge is -2.21. The first kappa shape index (κ1) is 23.5. The lowest BCUT2D eigenvalue weighted by Crippen LogP contribution is -2.18. The summed E-state index contributed by atoms with van der Waals surface area (Å²) in [4.78, 5) is 12.6. The molecule has 0 saturated carbocycles. The first-order valence-electron chi connectivity index (χ1n) is 10.3. The second-order valence-corrected chi connectivity index (χ2v) is 9.08. The van der Waals surface area contributed by atoms with Gasteiger partial charge in [-0.15, -0.1) is 10.2 Å². The number of nitrogen functional groups attached to an aromatic ring is 1. The maximum absolute atomic E-state index is 12.6. The van der Waals surface area contributed by atoms with Crippen LogP contribution in [0.2, 0.25) is 0 Å². The molecule has 3 aromatic rings. The predicted molar refractivity (Wildman–Crippen MR) is 128 cm³/mol. The van der Waals surface area contributed by atoms with Crippen LogP contribution < -0.4 is 20.6 Å². The van der Waals surface area contributed by atoms with E-state index >= 15 is 0 Å². The van der Waals surface area contributed by atoms with Gasteiger partial charge in [-0.25, -0.2) is 4.68 Å². The van der Waals surface area contributed by atoms with E-state index < -0.39 is 0 Å². The first-order chi connectivity index (χ1) is 15.2. The minimum absolute atomic E-state index is 0.0479. The van der Waals surface area contributed by atoms with Gasteiger partial charge in [0.1, 0.15) is 11.5 Å². The number of hydrogen-bond acceptors (Lipinski definition) is 7. The van der Waals surface area contributed by atoms with Crippen molar-refractivity contribution in [2.24, 2.45) is 0 Å². The number of carbonyl (C=O) groups is 1. The second kappa shape index (κ2) is 9.95. The van der Waals surface area contributed by atoms with E-state index in [9.17, 15) is 4.79 Å². The minimum atomic E-state index is -0.190. The molecule has 2 aromatic carbocycles. The molecular formula is C23H29N5O3S. The number of anilines is 1. The molecule has 8 nitrogen and oxygen atoms in total. The molecule has 0 fully saturated rings. The Hall–Kier alpha value is -3.20. The van der Waals surface area contributed by atoms with Crippen LogP contribution in [0.4, 0.5) is 5.69 Å². The van der Waals surface area contributed by atoms with Crippen LogP contribution in [0.25, 0.3) is 11.4 Å². The van der Waals surface area contributed by atoms with Gasteiger partial charge in [0.15, 0.2) is 5.82 Å². The summed E-state index contributed by atoms with van der Waals surface area (Å²) in [5, 5.41) is 11.7. The van der Waals surface area contributed by atoms with E-state index in [0.717, 1.165) is 16.9 Å². The van der Waals surface area contributed by atoms with Gasteiger partial charge in [0, 0.05) is 5.56 Å². The summed E-state index contributed by atoms with van der Waals surface area (Å²) >= 11 is 1.21. The number of thioether (sulfide) groups is 1. The Balaban J connectivity index is 1.67. The molecule has 1 heterocycles. The molecular weight excluding hydrogens is 426 g/mol. The summed E-state index contributed by atoms with van der Waals surface area (Å²) < 4.78 is 12.2. The van der Waals surface area contributed by atoms with E-state index in [-0.39, 0.29) is 17.1 Å². The number of nitrogens with two attached hydrogens (primary N) is 1. The minimum Gasteiger partial charge on any atom is -0.495 e. The highest BCUT2D eigenvalue weighted by Crippen LogP contribution is 2.32. The van der Waals surface area contributed by atoms with Crippen LogP contribution in [-0.2, 0) is 10.2 Å². The van der Waals surface area contributed by atoms with Crippen molar-refractivity contribution in [1.82, 2.24) is 14.9 Å². The number of hydrogen-bond donors (Lipinski definition) is 2. The summed E-state index contributed by atoms with van der Waals surface area (Å²) in [7, 11) is 1.58. The van der Waals surface area contributed by atoms with Crippen LogP contribution >= 0.6 is 11.8 Å². The van der Waals surface area contributed by atoms with E-state index in [0.29, 0.717) is 29.0 Å². The molecule has 1 amide bonds. The van der Waals surface area contributed by atoms with Crippen molar-refractivity contribution in [1.29, 1.82) is 0 Å². The molecule has 9 heteroatoms. The Kier molecular flexibility index (Phi) is 7.29. The maximum Gasteiger partial charge on any atom is 0.234 e. The van der Waals surface area contributed by atoms with Gasteiger partial charge < -0.3 is 20.6 Å².